The van der Waals surface area contributed by atoms with Gasteiger partial charge in [0.25, 0.3) is 5.69 Å². The van der Waals surface area contributed by atoms with Crippen molar-refractivity contribution in [3.63, 3.8) is 0 Å². The molecule has 5 nitrogen and oxygen atoms in total. The fourth-order valence-electron chi connectivity index (χ4n) is 1.65. The molecule has 0 unspecified atom stereocenters. The highest BCUT2D eigenvalue weighted by molar-refractivity contribution is 5.59. The number of hydrogen-bond donors (Lipinski definition) is 2. The summed E-state index contributed by atoms with van der Waals surface area (Å²) in [6, 6.07) is 4.75. The quantitative estimate of drug-likeness (QED) is 0.522. The zero-order valence-corrected chi connectivity index (χ0v) is 7.56. The van der Waals surface area contributed by atoms with Crippen molar-refractivity contribution in [3.8, 4) is 0 Å². The third-order valence-electron chi connectivity index (χ3n) is 2.42. The van der Waals surface area contributed by atoms with E-state index in [0.29, 0.717) is 0 Å². The van der Waals surface area contributed by atoms with E-state index in [-0.39, 0.29) is 11.7 Å². The van der Waals surface area contributed by atoms with Crippen molar-refractivity contribution in [2.75, 3.05) is 11.9 Å². The first kappa shape index (κ1) is 8.96. The maximum atomic E-state index is 10.5. The van der Waals surface area contributed by atoms with Crippen molar-refractivity contribution in [2.24, 2.45) is 5.73 Å². The number of fused-ring (bicyclic) bond motifs is 1. The van der Waals surface area contributed by atoms with E-state index in [1.165, 1.54) is 12.1 Å². The summed E-state index contributed by atoms with van der Waals surface area (Å²) < 4.78 is 0. The lowest BCUT2D eigenvalue weighted by molar-refractivity contribution is -0.384. The highest BCUT2D eigenvalue weighted by atomic mass is 16.6. The van der Waals surface area contributed by atoms with Crippen LogP contribution in [0.5, 0.6) is 0 Å². The van der Waals surface area contributed by atoms with Crippen LogP contribution in [-0.4, -0.2) is 11.5 Å². The Balaban J connectivity index is 2.44. The van der Waals surface area contributed by atoms with E-state index in [4.69, 9.17) is 5.73 Å². The van der Waals surface area contributed by atoms with Crippen LogP contribution in [0.15, 0.2) is 18.2 Å². The van der Waals surface area contributed by atoms with Gasteiger partial charge in [-0.15, -0.1) is 0 Å². The zero-order valence-electron chi connectivity index (χ0n) is 7.56. The zero-order chi connectivity index (χ0) is 10.1. The van der Waals surface area contributed by atoms with Crippen LogP contribution in [0.1, 0.15) is 18.0 Å². The van der Waals surface area contributed by atoms with E-state index in [1.54, 1.807) is 6.07 Å². The van der Waals surface area contributed by atoms with Crippen molar-refractivity contribution in [1.29, 1.82) is 0 Å². The molecule has 0 radical (unpaired) electrons. The summed E-state index contributed by atoms with van der Waals surface area (Å²) in [5.41, 5.74) is 7.71. The van der Waals surface area contributed by atoms with Gasteiger partial charge in [0.15, 0.2) is 0 Å². The van der Waals surface area contributed by atoms with Crippen molar-refractivity contribution in [1.82, 2.24) is 0 Å². The van der Waals surface area contributed by atoms with Gasteiger partial charge in [-0.1, -0.05) is 0 Å². The summed E-state index contributed by atoms with van der Waals surface area (Å²) in [6.07, 6.45) is 0.866. The molecular formula is C9H11N3O2. The number of nitro benzene ring substituents is 1. The largest absolute Gasteiger partial charge is 0.384 e. The first-order valence-corrected chi connectivity index (χ1v) is 4.46. The van der Waals surface area contributed by atoms with Crippen LogP contribution in [0.25, 0.3) is 0 Å². The molecule has 0 bridgehead atoms. The minimum Gasteiger partial charge on any atom is -0.384 e. The van der Waals surface area contributed by atoms with Crippen LogP contribution < -0.4 is 11.1 Å². The van der Waals surface area contributed by atoms with Gasteiger partial charge < -0.3 is 11.1 Å². The number of anilines is 1. The Hall–Kier alpha value is -1.62. The summed E-state index contributed by atoms with van der Waals surface area (Å²) >= 11 is 0. The van der Waals surface area contributed by atoms with Crippen molar-refractivity contribution < 1.29 is 4.92 Å². The Morgan fingerprint density at radius 2 is 2.36 bits per heavy atom. The number of nitrogens with two attached hydrogens (primary N) is 1. The predicted molar refractivity (Wildman–Crippen MR) is 53.1 cm³/mol. The molecule has 1 heterocycles. The van der Waals surface area contributed by atoms with Crippen molar-refractivity contribution in [3.05, 3.63) is 33.9 Å². The van der Waals surface area contributed by atoms with E-state index in [9.17, 15) is 10.1 Å². The van der Waals surface area contributed by atoms with Gasteiger partial charge in [0.05, 0.1) is 4.92 Å². The fraction of sp³-hybridized carbons (Fsp3) is 0.333. The minimum absolute atomic E-state index is 0.00736. The minimum atomic E-state index is -0.401. The first-order valence-electron chi connectivity index (χ1n) is 4.46. The fourth-order valence-corrected chi connectivity index (χ4v) is 1.65. The van der Waals surface area contributed by atoms with Gasteiger partial charge in [0, 0.05) is 30.4 Å². The Morgan fingerprint density at radius 1 is 1.57 bits per heavy atom. The summed E-state index contributed by atoms with van der Waals surface area (Å²) in [5, 5.41) is 13.6. The first-order chi connectivity index (χ1) is 6.68. The van der Waals surface area contributed by atoms with Gasteiger partial charge in [-0.3, -0.25) is 10.1 Å². The monoisotopic (exact) mass is 193 g/mol. The van der Waals surface area contributed by atoms with Crippen LogP contribution >= 0.6 is 0 Å². The lowest BCUT2D eigenvalue weighted by atomic mass is 9.98. The summed E-state index contributed by atoms with van der Waals surface area (Å²) in [7, 11) is 0. The third-order valence-corrected chi connectivity index (χ3v) is 2.42. The van der Waals surface area contributed by atoms with Crippen LogP contribution in [0.4, 0.5) is 11.4 Å². The molecule has 1 atom stereocenters. The van der Waals surface area contributed by atoms with E-state index in [2.05, 4.69) is 5.32 Å². The lowest BCUT2D eigenvalue weighted by Crippen LogP contribution is -2.22. The number of nitro groups is 1. The Morgan fingerprint density at radius 3 is 3.07 bits per heavy atom. The molecule has 0 spiro atoms. The maximum Gasteiger partial charge on any atom is 0.271 e. The molecule has 2 rings (SSSR count). The molecule has 3 N–H and O–H groups in total. The van der Waals surface area contributed by atoms with Gasteiger partial charge in [-0.2, -0.15) is 0 Å². The van der Waals surface area contributed by atoms with Crippen LogP contribution in [-0.2, 0) is 0 Å². The number of rotatable bonds is 1. The molecule has 0 fully saturated rings. The van der Waals surface area contributed by atoms with E-state index < -0.39 is 4.92 Å². The van der Waals surface area contributed by atoms with Gasteiger partial charge >= 0.3 is 0 Å². The number of benzene rings is 1. The van der Waals surface area contributed by atoms with Gasteiger partial charge in [-0.05, 0) is 18.1 Å². The molecule has 0 amide bonds. The Bertz CT molecular complexity index is 378. The molecule has 1 aliphatic heterocycles. The smallest absolute Gasteiger partial charge is 0.271 e. The second-order valence-corrected chi connectivity index (χ2v) is 3.35. The normalized spacial score (nSPS) is 19.6. The number of nitrogens with zero attached hydrogens (tertiary/aromatic N) is 1. The van der Waals surface area contributed by atoms with E-state index >= 15 is 0 Å². The predicted octanol–water partition coefficient (Wildman–Crippen LogP) is 1.41. The second-order valence-electron chi connectivity index (χ2n) is 3.35. The molecular weight excluding hydrogens is 182 g/mol. The number of non-ortho nitro benzene ring substituents is 1. The average molecular weight is 193 g/mol. The highest BCUT2D eigenvalue weighted by Crippen LogP contribution is 2.30. The molecule has 1 aromatic rings. The number of hydrogen-bond acceptors (Lipinski definition) is 4. The molecule has 1 aliphatic rings. The van der Waals surface area contributed by atoms with E-state index in [0.717, 1.165) is 24.2 Å². The summed E-state index contributed by atoms with van der Waals surface area (Å²) in [5.74, 6) is 0. The molecule has 1 aromatic carbocycles. The molecule has 0 aliphatic carbocycles. The van der Waals surface area contributed by atoms with E-state index in [1.807, 2.05) is 0 Å². The van der Waals surface area contributed by atoms with Gasteiger partial charge in [-0.25, -0.2) is 0 Å². The summed E-state index contributed by atoms with van der Waals surface area (Å²) in [4.78, 5) is 10.1. The second kappa shape index (κ2) is 3.26. The van der Waals surface area contributed by atoms with Crippen molar-refractivity contribution >= 4 is 11.4 Å². The molecule has 0 saturated carbocycles. The third kappa shape index (κ3) is 1.42. The molecule has 5 heteroatoms. The SMILES string of the molecule is N[C@@H]1CCNc2cc([N+](=O)[O-])ccc21. The molecule has 74 valence electrons. The summed E-state index contributed by atoms with van der Waals surface area (Å²) in [6.45, 7) is 0.773. The average Bonchev–Trinajstić information content (AvgIpc) is 2.17. The van der Waals surface area contributed by atoms with Crippen molar-refractivity contribution in [2.45, 2.75) is 12.5 Å². The lowest BCUT2D eigenvalue weighted by Gasteiger charge is -2.23. The van der Waals surface area contributed by atoms with Crippen LogP contribution in [0.2, 0.25) is 0 Å². The molecule has 0 aromatic heterocycles. The van der Waals surface area contributed by atoms with Crippen LogP contribution in [0, 0.1) is 10.1 Å². The number of nitrogens with one attached hydrogen (secondary N) is 1. The molecule has 14 heavy (non-hydrogen) atoms. The van der Waals surface area contributed by atoms with Gasteiger partial charge in [0.2, 0.25) is 0 Å². The van der Waals surface area contributed by atoms with Gasteiger partial charge in [0.1, 0.15) is 0 Å². The highest BCUT2D eigenvalue weighted by Gasteiger charge is 2.18. The Kier molecular flexibility index (Phi) is 2.09. The van der Waals surface area contributed by atoms with Crippen LogP contribution in [0.3, 0.4) is 0 Å². The standard InChI is InChI=1S/C9H11N3O2/c10-8-3-4-11-9-5-6(12(13)14)1-2-7(8)9/h1-2,5,8,11H,3-4,10H2/t8-/m1/s1. The maximum absolute atomic E-state index is 10.5. The Labute approximate surface area is 81.1 Å². The molecule has 0 saturated heterocycles. The topological polar surface area (TPSA) is 81.2 Å².